The Morgan fingerprint density at radius 2 is 1.77 bits per heavy atom. The number of benzene rings is 2. The van der Waals surface area contributed by atoms with Gasteiger partial charge in [0.15, 0.2) is 23.0 Å². The molecular formula is C21H22O5. The van der Waals surface area contributed by atoms with E-state index in [0.717, 1.165) is 28.2 Å². The maximum Gasteiger partial charge on any atom is 0.231 e. The molecule has 26 heavy (non-hydrogen) atoms. The number of ether oxygens (including phenoxy) is 5. The summed E-state index contributed by atoms with van der Waals surface area (Å²) in [4.78, 5) is 0. The smallest absolute Gasteiger partial charge is 0.231 e. The first-order valence-corrected chi connectivity index (χ1v) is 8.65. The number of fused-ring (bicyclic) bond motifs is 2. The third kappa shape index (κ3) is 2.55. The first-order valence-electron chi connectivity index (χ1n) is 8.65. The van der Waals surface area contributed by atoms with E-state index in [-0.39, 0.29) is 18.8 Å². The van der Waals surface area contributed by atoms with Gasteiger partial charge in [0.1, 0.15) is 6.10 Å². The van der Waals surface area contributed by atoms with Crippen molar-refractivity contribution < 1.29 is 23.7 Å². The van der Waals surface area contributed by atoms with Crippen LogP contribution in [0, 0.1) is 0 Å². The Balaban J connectivity index is 1.76. The minimum absolute atomic E-state index is 0.150. The summed E-state index contributed by atoms with van der Waals surface area (Å²) in [5.74, 6) is 3.70. The van der Waals surface area contributed by atoms with Gasteiger partial charge in [-0.3, -0.25) is 0 Å². The van der Waals surface area contributed by atoms with Crippen molar-refractivity contribution in [3.8, 4) is 28.7 Å². The zero-order valence-electron chi connectivity index (χ0n) is 15.4. The van der Waals surface area contributed by atoms with Gasteiger partial charge in [-0.05, 0) is 36.8 Å². The van der Waals surface area contributed by atoms with Gasteiger partial charge in [-0.25, -0.2) is 0 Å². The van der Waals surface area contributed by atoms with Crippen molar-refractivity contribution >= 4 is 6.08 Å². The Kier molecular flexibility index (Phi) is 4.15. The average molecular weight is 354 g/mol. The van der Waals surface area contributed by atoms with Crippen molar-refractivity contribution in [2.45, 2.75) is 25.9 Å². The van der Waals surface area contributed by atoms with E-state index in [9.17, 15) is 0 Å². The zero-order chi connectivity index (χ0) is 18.3. The molecule has 2 aliphatic heterocycles. The van der Waals surface area contributed by atoms with Gasteiger partial charge in [-0.15, -0.1) is 0 Å². The van der Waals surface area contributed by atoms with Crippen molar-refractivity contribution in [2.24, 2.45) is 0 Å². The Bertz CT molecular complexity index is 871. The molecule has 2 aliphatic rings. The summed E-state index contributed by atoms with van der Waals surface area (Å²) in [5.41, 5.74) is 3.23. The van der Waals surface area contributed by atoms with Crippen LogP contribution in [0.3, 0.4) is 0 Å². The lowest BCUT2D eigenvalue weighted by Crippen LogP contribution is -2.07. The van der Waals surface area contributed by atoms with Crippen LogP contribution in [0.25, 0.3) is 6.08 Å². The Morgan fingerprint density at radius 1 is 1.00 bits per heavy atom. The summed E-state index contributed by atoms with van der Waals surface area (Å²) in [6.45, 7) is 4.37. The first kappa shape index (κ1) is 16.6. The van der Waals surface area contributed by atoms with E-state index in [2.05, 4.69) is 19.1 Å². The molecule has 2 aromatic carbocycles. The second-order valence-electron chi connectivity index (χ2n) is 6.43. The Labute approximate surface area is 153 Å². The highest BCUT2D eigenvalue weighted by Crippen LogP contribution is 2.53. The maximum absolute atomic E-state index is 6.32. The van der Waals surface area contributed by atoms with Gasteiger partial charge in [0, 0.05) is 17.0 Å². The van der Waals surface area contributed by atoms with E-state index in [1.165, 1.54) is 0 Å². The van der Waals surface area contributed by atoms with Crippen molar-refractivity contribution in [3.05, 3.63) is 47.0 Å². The van der Waals surface area contributed by atoms with Gasteiger partial charge in [-0.1, -0.05) is 19.1 Å². The number of hydrogen-bond acceptors (Lipinski definition) is 5. The van der Waals surface area contributed by atoms with Crippen LogP contribution >= 0.6 is 0 Å². The predicted octanol–water partition coefficient (Wildman–Crippen LogP) is 4.70. The SMILES string of the molecule is CC=Cc1cc(OC)c2c(c1)[C@@H](C)[C@H](c1cc(OC)c3c(c1)OCO3)O2. The van der Waals surface area contributed by atoms with Crippen molar-refractivity contribution in [1.82, 2.24) is 0 Å². The molecule has 2 atom stereocenters. The van der Waals surface area contributed by atoms with Crippen LogP contribution in [0.5, 0.6) is 28.7 Å². The fraction of sp³-hybridized carbons (Fsp3) is 0.333. The maximum atomic E-state index is 6.32. The van der Waals surface area contributed by atoms with Crippen molar-refractivity contribution in [3.63, 3.8) is 0 Å². The highest BCUT2D eigenvalue weighted by molar-refractivity contribution is 5.63. The molecule has 4 rings (SSSR count). The van der Waals surface area contributed by atoms with Gasteiger partial charge in [0.05, 0.1) is 14.2 Å². The molecule has 0 N–H and O–H groups in total. The van der Waals surface area contributed by atoms with Crippen LogP contribution < -0.4 is 23.7 Å². The fourth-order valence-corrected chi connectivity index (χ4v) is 3.61. The van der Waals surface area contributed by atoms with Gasteiger partial charge in [0.25, 0.3) is 0 Å². The van der Waals surface area contributed by atoms with E-state index in [0.29, 0.717) is 17.2 Å². The van der Waals surface area contributed by atoms with Gasteiger partial charge in [0.2, 0.25) is 12.5 Å². The van der Waals surface area contributed by atoms with Crippen LogP contribution in [-0.2, 0) is 0 Å². The van der Waals surface area contributed by atoms with E-state index in [1.807, 2.05) is 31.2 Å². The van der Waals surface area contributed by atoms with E-state index < -0.39 is 0 Å². The summed E-state index contributed by atoms with van der Waals surface area (Å²) in [6, 6.07) is 8.08. The minimum atomic E-state index is -0.150. The highest BCUT2D eigenvalue weighted by atomic mass is 16.7. The van der Waals surface area contributed by atoms with Crippen LogP contribution in [0.2, 0.25) is 0 Å². The lowest BCUT2D eigenvalue weighted by atomic mass is 9.91. The van der Waals surface area contributed by atoms with Gasteiger partial charge < -0.3 is 23.7 Å². The molecule has 0 aliphatic carbocycles. The third-order valence-electron chi connectivity index (χ3n) is 4.88. The van der Waals surface area contributed by atoms with Gasteiger partial charge >= 0.3 is 0 Å². The predicted molar refractivity (Wildman–Crippen MR) is 98.6 cm³/mol. The molecule has 5 heteroatoms. The fourth-order valence-electron chi connectivity index (χ4n) is 3.61. The third-order valence-corrected chi connectivity index (χ3v) is 4.88. The highest BCUT2D eigenvalue weighted by Gasteiger charge is 2.36. The summed E-state index contributed by atoms with van der Waals surface area (Å²) in [7, 11) is 3.29. The van der Waals surface area contributed by atoms with Crippen molar-refractivity contribution in [1.29, 1.82) is 0 Å². The summed E-state index contributed by atoms with van der Waals surface area (Å²) in [5, 5.41) is 0. The van der Waals surface area contributed by atoms with Crippen LogP contribution in [0.1, 0.15) is 42.6 Å². The number of hydrogen-bond donors (Lipinski definition) is 0. The zero-order valence-corrected chi connectivity index (χ0v) is 15.4. The first-order chi connectivity index (χ1) is 12.7. The number of methoxy groups -OCH3 is 2. The average Bonchev–Trinajstić information content (AvgIpc) is 3.25. The van der Waals surface area contributed by atoms with Crippen LogP contribution in [0.4, 0.5) is 0 Å². The number of rotatable bonds is 4. The monoisotopic (exact) mass is 354 g/mol. The van der Waals surface area contributed by atoms with E-state index in [1.54, 1.807) is 14.2 Å². The second-order valence-corrected chi connectivity index (χ2v) is 6.43. The molecule has 0 amide bonds. The molecule has 0 bridgehead atoms. The molecule has 0 radical (unpaired) electrons. The van der Waals surface area contributed by atoms with E-state index in [4.69, 9.17) is 23.7 Å². The standard InChI is InChI=1S/C21H22O5/c1-5-6-13-7-15-12(2)19(26-20(15)16(8-13)22-3)14-9-17(23-4)21-18(10-14)24-11-25-21/h5-10,12,19H,11H2,1-4H3/t12-,19-/m1/s1. The second kappa shape index (κ2) is 6.48. The largest absolute Gasteiger partial charge is 0.493 e. The Morgan fingerprint density at radius 3 is 2.50 bits per heavy atom. The van der Waals surface area contributed by atoms with Crippen LogP contribution in [-0.4, -0.2) is 21.0 Å². The topological polar surface area (TPSA) is 46.2 Å². The minimum Gasteiger partial charge on any atom is -0.493 e. The molecule has 5 nitrogen and oxygen atoms in total. The lowest BCUT2D eigenvalue weighted by Gasteiger charge is -2.17. The molecule has 0 saturated heterocycles. The summed E-state index contributed by atoms with van der Waals surface area (Å²) < 4.78 is 28.4. The molecule has 0 saturated carbocycles. The Hall–Kier alpha value is -2.82. The van der Waals surface area contributed by atoms with Crippen molar-refractivity contribution in [2.75, 3.05) is 21.0 Å². The molecule has 0 unspecified atom stereocenters. The van der Waals surface area contributed by atoms with Crippen LogP contribution in [0.15, 0.2) is 30.3 Å². The number of allylic oxidation sites excluding steroid dienone is 1. The molecule has 0 aromatic heterocycles. The molecule has 2 aromatic rings. The quantitative estimate of drug-likeness (QED) is 0.796. The molecule has 0 fully saturated rings. The van der Waals surface area contributed by atoms with E-state index >= 15 is 0 Å². The normalized spacial score (nSPS) is 20.2. The molecule has 2 heterocycles. The lowest BCUT2D eigenvalue weighted by molar-refractivity contribution is 0.171. The summed E-state index contributed by atoms with van der Waals surface area (Å²) >= 11 is 0. The van der Waals surface area contributed by atoms with Gasteiger partial charge in [-0.2, -0.15) is 0 Å². The molecule has 136 valence electrons. The molecule has 0 spiro atoms. The molecular weight excluding hydrogens is 332 g/mol. The summed E-state index contributed by atoms with van der Waals surface area (Å²) in [6.07, 6.45) is 3.93.